The fourth-order valence-corrected chi connectivity index (χ4v) is 12.1. The highest BCUT2D eigenvalue weighted by Crippen LogP contribution is 2.67. The molecule has 4 aliphatic rings. The van der Waals surface area contributed by atoms with E-state index in [2.05, 4.69) is 72.3 Å². The van der Waals surface area contributed by atoms with E-state index in [9.17, 15) is 0 Å². The molecule has 0 amide bonds. The van der Waals surface area contributed by atoms with Gasteiger partial charge in [0.05, 0.1) is 6.33 Å². The summed E-state index contributed by atoms with van der Waals surface area (Å²) in [5.74, 6) is 6.81. The Morgan fingerprint density at radius 3 is 2.69 bits per heavy atom. The first-order valence-electron chi connectivity index (χ1n) is 15.3. The summed E-state index contributed by atoms with van der Waals surface area (Å²) < 4.78 is 0. The van der Waals surface area contributed by atoms with Crippen molar-refractivity contribution in [2.45, 2.75) is 117 Å². The van der Waals surface area contributed by atoms with Crippen LogP contribution in [0, 0.1) is 46.3 Å². The third-order valence-corrected chi connectivity index (χ3v) is 14.4. The topological polar surface area (TPSA) is 28.7 Å². The van der Waals surface area contributed by atoms with E-state index in [1.165, 1.54) is 82.1 Å². The van der Waals surface area contributed by atoms with E-state index >= 15 is 0 Å². The van der Waals surface area contributed by atoms with Gasteiger partial charge in [-0.2, -0.15) is 0 Å². The van der Waals surface area contributed by atoms with E-state index in [-0.39, 0.29) is 0 Å². The van der Waals surface area contributed by atoms with Crippen molar-refractivity contribution in [3.05, 3.63) is 29.9 Å². The third kappa shape index (κ3) is 5.38. The summed E-state index contributed by atoms with van der Waals surface area (Å²) in [5.41, 5.74) is 4.21. The van der Waals surface area contributed by atoms with Crippen molar-refractivity contribution in [1.29, 1.82) is 0 Å². The molecule has 4 aliphatic carbocycles. The molecule has 0 radical (unpaired) electrons. The van der Waals surface area contributed by atoms with Crippen molar-refractivity contribution < 1.29 is 0 Å². The fourth-order valence-electron chi connectivity index (χ4n) is 9.45. The summed E-state index contributed by atoms with van der Waals surface area (Å²) in [6.45, 7) is 12.8. The number of hydrogen-bond acceptors (Lipinski definition) is 3. The van der Waals surface area contributed by atoms with E-state index in [1.807, 2.05) is 11.8 Å². The summed E-state index contributed by atoms with van der Waals surface area (Å²) in [6, 6.07) is 0. The molecule has 8 unspecified atom stereocenters. The van der Waals surface area contributed by atoms with Crippen LogP contribution in [0.15, 0.2) is 24.2 Å². The van der Waals surface area contributed by atoms with E-state index in [4.69, 9.17) is 0 Å². The van der Waals surface area contributed by atoms with Gasteiger partial charge in [0.25, 0.3) is 0 Å². The van der Waals surface area contributed by atoms with Crippen LogP contribution in [-0.2, 0) is 6.42 Å². The molecule has 1 N–H and O–H groups in total. The number of aryl methyl sites for hydroxylation is 1. The summed E-state index contributed by atoms with van der Waals surface area (Å²) in [7, 11) is 4.25. The lowest BCUT2D eigenvalue weighted by Crippen LogP contribution is -2.50. The van der Waals surface area contributed by atoms with Crippen molar-refractivity contribution in [2.75, 3.05) is 5.75 Å². The zero-order chi connectivity index (χ0) is 25.3. The standard InChI is InChI=1S/C32H52N2S2/c1-22(2)7-6-8-23(3)28-11-12-29-27-10-9-24-19-26(36-35-18-15-25-20-33-21-34-25)13-16-31(24,4)30(27)14-17-32(28,29)5/h9,20-23,26-30H,6-8,10-19H2,1-5H3,(H,33,34). The molecule has 1 heterocycles. The molecule has 0 bridgehead atoms. The molecular weight excluding hydrogens is 477 g/mol. The van der Waals surface area contributed by atoms with Crippen LogP contribution in [0.5, 0.6) is 0 Å². The number of fused-ring (bicyclic) bond motifs is 5. The molecule has 1 aromatic rings. The zero-order valence-electron chi connectivity index (χ0n) is 23.7. The highest BCUT2D eigenvalue weighted by molar-refractivity contribution is 8.76. The van der Waals surface area contributed by atoms with Gasteiger partial charge in [-0.25, -0.2) is 4.98 Å². The molecule has 3 fully saturated rings. The van der Waals surface area contributed by atoms with Gasteiger partial charge in [-0.1, -0.05) is 87.1 Å². The molecule has 5 rings (SSSR count). The second-order valence-electron chi connectivity index (χ2n) is 13.9. The van der Waals surface area contributed by atoms with Crippen LogP contribution < -0.4 is 0 Å². The number of imidazole rings is 1. The van der Waals surface area contributed by atoms with Crippen LogP contribution in [0.3, 0.4) is 0 Å². The third-order valence-electron chi connectivity index (χ3n) is 11.5. The Morgan fingerprint density at radius 2 is 1.92 bits per heavy atom. The fraction of sp³-hybridized carbons (Fsp3) is 0.844. The molecule has 4 heteroatoms. The largest absolute Gasteiger partial charge is 0.348 e. The summed E-state index contributed by atoms with van der Waals surface area (Å²) in [6.07, 6.45) is 23.5. The van der Waals surface area contributed by atoms with Gasteiger partial charge in [-0.05, 0) is 104 Å². The average Bonchev–Trinajstić information content (AvgIpc) is 3.49. The van der Waals surface area contributed by atoms with Crippen molar-refractivity contribution in [3.63, 3.8) is 0 Å². The second-order valence-corrected chi connectivity index (χ2v) is 16.7. The van der Waals surface area contributed by atoms with Gasteiger partial charge in [0, 0.05) is 22.9 Å². The summed E-state index contributed by atoms with van der Waals surface area (Å²) >= 11 is 0. The molecule has 36 heavy (non-hydrogen) atoms. The smallest absolute Gasteiger partial charge is 0.0921 e. The van der Waals surface area contributed by atoms with Gasteiger partial charge in [0.1, 0.15) is 0 Å². The van der Waals surface area contributed by atoms with E-state index in [1.54, 1.807) is 6.33 Å². The predicted molar refractivity (Wildman–Crippen MR) is 159 cm³/mol. The molecule has 3 saturated carbocycles. The van der Waals surface area contributed by atoms with Crippen molar-refractivity contribution in [2.24, 2.45) is 46.3 Å². The molecule has 0 aliphatic heterocycles. The summed E-state index contributed by atoms with van der Waals surface area (Å²) in [4.78, 5) is 7.39. The van der Waals surface area contributed by atoms with Gasteiger partial charge in [-0.15, -0.1) is 0 Å². The minimum absolute atomic E-state index is 0.489. The minimum Gasteiger partial charge on any atom is -0.348 e. The Bertz CT molecular complexity index is 879. The number of rotatable bonds is 10. The van der Waals surface area contributed by atoms with Crippen LogP contribution in [0.25, 0.3) is 0 Å². The molecular formula is C32H52N2S2. The summed E-state index contributed by atoms with van der Waals surface area (Å²) in [5, 5.41) is 0.809. The SMILES string of the molecule is CC(C)CCCC(C)C1CCC2C3CC=C4CC(SSCCc5cnc[nH]5)CCC4(C)C3CCC12C. The highest BCUT2D eigenvalue weighted by atomic mass is 33.1. The second kappa shape index (κ2) is 11.4. The molecule has 8 atom stereocenters. The van der Waals surface area contributed by atoms with Gasteiger partial charge >= 0.3 is 0 Å². The normalized spacial score (nSPS) is 38.8. The van der Waals surface area contributed by atoms with Crippen LogP contribution in [-0.4, -0.2) is 21.0 Å². The monoisotopic (exact) mass is 528 g/mol. The highest BCUT2D eigenvalue weighted by Gasteiger charge is 2.59. The number of aromatic amines is 1. The first-order valence-corrected chi connectivity index (χ1v) is 17.6. The Balaban J connectivity index is 1.18. The molecule has 0 spiro atoms. The van der Waals surface area contributed by atoms with Crippen molar-refractivity contribution in [1.82, 2.24) is 9.97 Å². The Labute approximate surface area is 229 Å². The number of allylic oxidation sites excluding steroid dienone is 2. The maximum absolute atomic E-state index is 4.15. The Morgan fingerprint density at radius 1 is 1.06 bits per heavy atom. The quantitative estimate of drug-likeness (QED) is 0.186. The lowest BCUT2D eigenvalue weighted by Gasteiger charge is -2.58. The maximum atomic E-state index is 4.15. The first-order chi connectivity index (χ1) is 17.3. The van der Waals surface area contributed by atoms with Crippen LogP contribution in [0.2, 0.25) is 0 Å². The van der Waals surface area contributed by atoms with Gasteiger partial charge in [-0.3, -0.25) is 0 Å². The van der Waals surface area contributed by atoms with Gasteiger partial charge in [0.15, 0.2) is 0 Å². The lowest BCUT2D eigenvalue weighted by molar-refractivity contribution is -0.0497. The molecule has 2 nitrogen and oxygen atoms in total. The first kappa shape index (κ1) is 27.2. The Kier molecular flexibility index (Phi) is 8.63. The lowest BCUT2D eigenvalue weighted by atomic mass is 9.47. The van der Waals surface area contributed by atoms with E-state index in [0.717, 1.165) is 47.2 Å². The van der Waals surface area contributed by atoms with E-state index in [0.29, 0.717) is 10.8 Å². The number of nitrogens with one attached hydrogen (secondary N) is 1. The molecule has 0 saturated heterocycles. The predicted octanol–water partition coefficient (Wildman–Crippen LogP) is 9.74. The average molecular weight is 529 g/mol. The van der Waals surface area contributed by atoms with Crippen molar-refractivity contribution in [3.8, 4) is 0 Å². The van der Waals surface area contributed by atoms with E-state index < -0.39 is 0 Å². The number of aromatic nitrogens is 2. The number of hydrogen-bond donors (Lipinski definition) is 1. The number of H-pyrrole nitrogens is 1. The maximum Gasteiger partial charge on any atom is 0.0921 e. The number of nitrogens with zero attached hydrogens (tertiary/aromatic N) is 1. The molecule has 0 aromatic carbocycles. The molecule has 1 aromatic heterocycles. The van der Waals surface area contributed by atoms with Crippen LogP contribution in [0.4, 0.5) is 0 Å². The van der Waals surface area contributed by atoms with Crippen molar-refractivity contribution >= 4 is 21.6 Å². The Hall–Kier alpha value is -0.350. The molecule has 202 valence electrons. The van der Waals surface area contributed by atoms with Crippen LogP contribution in [0.1, 0.15) is 111 Å². The van der Waals surface area contributed by atoms with Crippen LogP contribution >= 0.6 is 21.6 Å². The zero-order valence-corrected chi connectivity index (χ0v) is 25.4. The van der Waals surface area contributed by atoms with Gasteiger partial charge < -0.3 is 4.98 Å². The van der Waals surface area contributed by atoms with Gasteiger partial charge in [0.2, 0.25) is 0 Å². The minimum atomic E-state index is 0.489.